The minimum atomic E-state index is 0.647. The lowest BCUT2D eigenvalue weighted by atomic mass is 10.1. The zero-order valence-electron chi connectivity index (χ0n) is 15.4. The third kappa shape index (κ3) is 13.3. The van der Waals surface area contributed by atoms with Crippen molar-refractivity contribution in [3.8, 4) is 0 Å². The molecule has 124 valence electrons. The van der Waals surface area contributed by atoms with Crippen LogP contribution in [0.25, 0.3) is 0 Å². The van der Waals surface area contributed by atoms with Crippen molar-refractivity contribution in [1.29, 1.82) is 0 Å². The summed E-state index contributed by atoms with van der Waals surface area (Å²) >= 11 is 0. The monoisotopic (exact) mass is 308 g/mol. The van der Waals surface area contributed by atoms with Crippen molar-refractivity contribution in [1.82, 2.24) is 0 Å². The van der Waals surface area contributed by atoms with Gasteiger partial charge in [-0.05, 0) is 26.7 Å². The van der Waals surface area contributed by atoms with Crippen LogP contribution in [-0.2, 0) is 0 Å². The summed E-state index contributed by atoms with van der Waals surface area (Å²) in [6, 6.07) is 0. The van der Waals surface area contributed by atoms with Gasteiger partial charge in [-0.1, -0.05) is 116 Å². The first kappa shape index (κ1) is 20.9. The smallest absolute Gasteiger partial charge is 0.0261 e. The van der Waals surface area contributed by atoms with E-state index in [-0.39, 0.29) is 0 Å². The second-order valence-electron chi connectivity index (χ2n) is 5.82. The summed E-state index contributed by atoms with van der Waals surface area (Å²) in [5.74, 6) is 0.647. The Balaban J connectivity index is 4.45. The highest BCUT2D eigenvalue weighted by atomic mass is 13.9. The molecule has 0 aromatic carbocycles. The zero-order valence-corrected chi connectivity index (χ0v) is 15.4. The fourth-order valence-corrected chi connectivity index (χ4v) is 1.65. The molecule has 0 aromatic rings. The van der Waals surface area contributed by atoms with Crippen molar-refractivity contribution in [3.05, 3.63) is 96.2 Å². The van der Waals surface area contributed by atoms with Gasteiger partial charge in [-0.3, -0.25) is 0 Å². The zero-order chi connectivity index (χ0) is 17.5. The van der Waals surface area contributed by atoms with Gasteiger partial charge in [-0.25, -0.2) is 0 Å². The Morgan fingerprint density at radius 2 is 1.26 bits per heavy atom. The van der Waals surface area contributed by atoms with E-state index < -0.39 is 0 Å². The number of allylic oxidation sites excluding steroid dienone is 15. The van der Waals surface area contributed by atoms with Gasteiger partial charge < -0.3 is 0 Å². The second-order valence-corrected chi connectivity index (χ2v) is 5.82. The molecule has 0 bridgehead atoms. The SMILES string of the molecule is C=CC=C(C)C=CC=C(C)C=CC=CC(C)=CC=CC(C)CC. The Morgan fingerprint density at radius 3 is 1.78 bits per heavy atom. The standard InChI is InChI=1S/C23H32/c1-7-13-21(4)17-12-19-23(6)15-10-9-14-22(5)18-11-16-20(3)8-2/h7,9-20H,1,8H2,2-6H3. The molecular formula is C23H32. The highest BCUT2D eigenvalue weighted by Crippen LogP contribution is 2.04. The van der Waals surface area contributed by atoms with Crippen LogP contribution in [0.3, 0.4) is 0 Å². The van der Waals surface area contributed by atoms with E-state index in [2.05, 4.69) is 102 Å². The van der Waals surface area contributed by atoms with Crippen LogP contribution in [0.15, 0.2) is 96.2 Å². The molecule has 0 aliphatic heterocycles. The van der Waals surface area contributed by atoms with Crippen LogP contribution in [0, 0.1) is 5.92 Å². The fraction of sp³-hybridized carbons (Fsp3) is 0.304. The first-order chi connectivity index (χ1) is 11.0. The quantitative estimate of drug-likeness (QED) is 0.392. The Hall–Kier alpha value is -2.08. The van der Waals surface area contributed by atoms with Crippen LogP contribution in [0.1, 0.15) is 41.0 Å². The summed E-state index contributed by atoms with van der Waals surface area (Å²) < 4.78 is 0. The number of hydrogen-bond acceptors (Lipinski definition) is 0. The van der Waals surface area contributed by atoms with Crippen LogP contribution in [0.4, 0.5) is 0 Å². The van der Waals surface area contributed by atoms with E-state index in [4.69, 9.17) is 0 Å². The lowest BCUT2D eigenvalue weighted by Crippen LogP contribution is -1.82. The second kappa shape index (κ2) is 13.6. The van der Waals surface area contributed by atoms with Crippen molar-refractivity contribution in [3.63, 3.8) is 0 Å². The third-order valence-corrected chi connectivity index (χ3v) is 3.37. The molecule has 0 rings (SSSR count). The average molecular weight is 309 g/mol. The van der Waals surface area contributed by atoms with Crippen LogP contribution in [-0.4, -0.2) is 0 Å². The minimum Gasteiger partial charge on any atom is -0.0991 e. The van der Waals surface area contributed by atoms with Crippen LogP contribution in [0.5, 0.6) is 0 Å². The highest BCUT2D eigenvalue weighted by Gasteiger charge is 1.88. The molecular weight excluding hydrogens is 276 g/mol. The lowest BCUT2D eigenvalue weighted by molar-refractivity contribution is 0.698. The topological polar surface area (TPSA) is 0 Å². The summed E-state index contributed by atoms with van der Waals surface area (Å²) in [5, 5.41) is 0. The highest BCUT2D eigenvalue weighted by molar-refractivity contribution is 5.30. The molecule has 0 radical (unpaired) electrons. The van der Waals surface area contributed by atoms with E-state index in [0.29, 0.717) is 5.92 Å². The van der Waals surface area contributed by atoms with Gasteiger partial charge in [0.25, 0.3) is 0 Å². The van der Waals surface area contributed by atoms with E-state index >= 15 is 0 Å². The van der Waals surface area contributed by atoms with Gasteiger partial charge in [0.2, 0.25) is 0 Å². The van der Waals surface area contributed by atoms with Crippen molar-refractivity contribution in [2.24, 2.45) is 5.92 Å². The van der Waals surface area contributed by atoms with Gasteiger partial charge in [-0.2, -0.15) is 0 Å². The Kier molecular flexibility index (Phi) is 12.3. The predicted octanol–water partition coefficient (Wildman–Crippen LogP) is 7.28. The Bertz CT molecular complexity index is 543. The van der Waals surface area contributed by atoms with Crippen molar-refractivity contribution in [2.45, 2.75) is 41.0 Å². The molecule has 0 aliphatic carbocycles. The Morgan fingerprint density at radius 1 is 0.783 bits per heavy atom. The van der Waals surface area contributed by atoms with E-state index in [1.54, 1.807) is 6.08 Å². The molecule has 0 N–H and O–H groups in total. The first-order valence-corrected chi connectivity index (χ1v) is 8.33. The van der Waals surface area contributed by atoms with Crippen LogP contribution in [0.2, 0.25) is 0 Å². The van der Waals surface area contributed by atoms with E-state index in [1.165, 1.54) is 23.1 Å². The van der Waals surface area contributed by atoms with Gasteiger partial charge in [0.1, 0.15) is 0 Å². The van der Waals surface area contributed by atoms with Crippen molar-refractivity contribution < 1.29 is 0 Å². The van der Waals surface area contributed by atoms with Gasteiger partial charge in [-0.15, -0.1) is 0 Å². The summed E-state index contributed by atoms with van der Waals surface area (Å²) in [7, 11) is 0. The summed E-state index contributed by atoms with van der Waals surface area (Å²) in [6.07, 6.45) is 26.1. The van der Waals surface area contributed by atoms with Gasteiger partial charge in [0, 0.05) is 0 Å². The molecule has 0 heterocycles. The van der Waals surface area contributed by atoms with Gasteiger partial charge in [0.15, 0.2) is 0 Å². The third-order valence-electron chi connectivity index (χ3n) is 3.37. The maximum Gasteiger partial charge on any atom is -0.0261 e. The lowest BCUT2D eigenvalue weighted by Gasteiger charge is -1.97. The molecule has 0 saturated carbocycles. The molecule has 0 amide bonds. The van der Waals surface area contributed by atoms with Crippen LogP contribution >= 0.6 is 0 Å². The first-order valence-electron chi connectivity index (χ1n) is 8.33. The van der Waals surface area contributed by atoms with Gasteiger partial charge >= 0.3 is 0 Å². The summed E-state index contributed by atoms with van der Waals surface area (Å²) in [6.45, 7) is 14.4. The maximum atomic E-state index is 3.69. The summed E-state index contributed by atoms with van der Waals surface area (Å²) in [5.41, 5.74) is 3.66. The molecule has 0 heteroatoms. The molecule has 0 nitrogen and oxygen atoms in total. The Labute approximate surface area is 143 Å². The van der Waals surface area contributed by atoms with Crippen molar-refractivity contribution in [2.75, 3.05) is 0 Å². The maximum absolute atomic E-state index is 3.69. The van der Waals surface area contributed by atoms with E-state index in [9.17, 15) is 0 Å². The molecule has 0 fully saturated rings. The molecule has 23 heavy (non-hydrogen) atoms. The van der Waals surface area contributed by atoms with E-state index in [0.717, 1.165) is 0 Å². The minimum absolute atomic E-state index is 0.647. The van der Waals surface area contributed by atoms with Gasteiger partial charge in [0.05, 0.1) is 0 Å². The summed E-state index contributed by atoms with van der Waals surface area (Å²) in [4.78, 5) is 0. The van der Waals surface area contributed by atoms with Crippen LogP contribution < -0.4 is 0 Å². The molecule has 0 aromatic heterocycles. The van der Waals surface area contributed by atoms with E-state index in [1.807, 2.05) is 6.08 Å². The average Bonchev–Trinajstić information content (AvgIpc) is 2.51. The largest absolute Gasteiger partial charge is 0.0991 e. The number of rotatable bonds is 9. The molecule has 0 spiro atoms. The number of hydrogen-bond donors (Lipinski definition) is 0. The normalized spacial score (nSPS) is 16.3. The fourth-order valence-electron chi connectivity index (χ4n) is 1.65. The molecule has 0 aliphatic rings. The molecule has 1 atom stereocenters. The van der Waals surface area contributed by atoms with Crippen molar-refractivity contribution >= 4 is 0 Å². The predicted molar refractivity (Wildman–Crippen MR) is 107 cm³/mol. The molecule has 0 saturated heterocycles. The molecule has 1 unspecified atom stereocenters.